The summed E-state index contributed by atoms with van der Waals surface area (Å²) >= 11 is 0. The highest BCUT2D eigenvalue weighted by atomic mass is 16.5. The van der Waals surface area contributed by atoms with Gasteiger partial charge in [-0.25, -0.2) is 9.59 Å². The summed E-state index contributed by atoms with van der Waals surface area (Å²) in [4.78, 5) is 88.2. The Morgan fingerprint density at radius 3 is 2.10 bits per heavy atom. The van der Waals surface area contributed by atoms with Gasteiger partial charge in [0.05, 0.1) is 6.04 Å². The van der Waals surface area contributed by atoms with Gasteiger partial charge in [0, 0.05) is 13.0 Å². The second-order valence-electron chi connectivity index (χ2n) is 11.9. The van der Waals surface area contributed by atoms with E-state index < -0.39 is 71.7 Å². The van der Waals surface area contributed by atoms with E-state index in [1.165, 1.54) is 6.08 Å². The molecule has 0 aliphatic rings. The molecule has 15 heteroatoms. The lowest BCUT2D eigenvalue weighted by Gasteiger charge is -2.28. The smallest absolute Gasteiger partial charge is 0.407 e. The molecule has 8 N–H and O–H groups in total. The zero-order valence-corrected chi connectivity index (χ0v) is 28.1. The Morgan fingerprint density at radius 2 is 1.54 bits per heavy atom. The summed E-state index contributed by atoms with van der Waals surface area (Å²) in [5, 5.41) is 21.6. The van der Waals surface area contributed by atoms with Crippen LogP contribution in [-0.2, 0) is 35.1 Å². The monoisotopic (exact) mass is 674 g/mol. The van der Waals surface area contributed by atoms with Gasteiger partial charge in [0.2, 0.25) is 23.5 Å². The minimum absolute atomic E-state index is 0.0307. The van der Waals surface area contributed by atoms with Crippen LogP contribution in [0.5, 0.6) is 0 Å². The molecule has 0 aromatic heterocycles. The first-order chi connectivity index (χ1) is 22.7. The number of primary amides is 1. The van der Waals surface area contributed by atoms with Crippen LogP contribution in [0.4, 0.5) is 9.59 Å². The Bertz CT molecular complexity index is 1260. The van der Waals surface area contributed by atoms with Crippen molar-refractivity contribution in [3.63, 3.8) is 0 Å². The number of hydrogen-bond acceptors (Lipinski definition) is 8. The average Bonchev–Trinajstić information content (AvgIpc) is 3.03. The van der Waals surface area contributed by atoms with E-state index in [9.17, 15) is 38.7 Å². The second-order valence-corrected chi connectivity index (χ2v) is 11.9. The summed E-state index contributed by atoms with van der Waals surface area (Å²) in [5.74, 6) is -5.05. The maximum Gasteiger partial charge on any atom is 0.407 e. The van der Waals surface area contributed by atoms with Crippen LogP contribution in [-0.4, -0.2) is 84.0 Å². The van der Waals surface area contributed by atoms with Gasteiger partial charge in [0.15, 0.2) is 0 Å². The maximum absolute atomic E-state index is 13.6. The first-order valence-corrected chi connectivity index (χ1v) is 16.0. The second kappa shape index (κ2) is 21.8. The molecule has 0 spiro atoms. The fraction of sp³-hybridized carbons (Fsp3) is 0.545. The molecule has 1 aromatic carbocycles. The van der Waals surface area contributed by atoms with E-state index in [1.807, 2.05) is 13.8 Å². The molecule has 0 fully saturated rings. The Balaban J connectivity index is 2.99. The minimum atomic E-state index is -1.42. The molecule has 0 aliphatic heterocycles. The lowest BCUT2D eigenvalue weighted by Crippen LogP contribution is -2.59. The third kappa shape index (κ3) is 15.6. The number of carboxylic acid groups (broad SMARTS) is 1. The number of hydrogen-bond donors (Lipinski definition) is 7. The van der Waals surface area contributed by atoms with E-state index in [2.05, 4.69) is 33.2 Å². The highest BCUT2D eigenvalue weighted by Gasteiger charge is 2.35. The number of carbonyl (C=O) groups is 7. The number of ketones is 1. The highest BCUT2D eigenvalue weighted by molar-refractivity contribution is 6.38. The normalized spacial score (nSPS) is 13.9. The molecule has 1 unspecified atom stereocenters. The van der Waals surface area contributed by atoms with E-state index in [4.69, 9.17) is 10.5 Å². The number of unbranched alkanes of at least 4 members (excludes halogenated alkanes) is 1. The van der Waals surface area contributed by atoms with Gasteiger partial charge in [0.1, 0.15) is 24.7 Å². The zero-order valence-electron chi connectivity index (χ0n) is 28.1. The van der Waals surface area contributed by atoms with Gasteiger partial charge in [-0.05, 0) is 43.1 Å². The number of amides is 6. The molecule has 1 rings (SSSR count). The van der Waals surface area contributed by atoms with Gasteiger partial charge in [0.25, 0.3) is 5.91 Å². The van der Waals surface area contributed by atoms with Gasteiger partial charge in [-0.3, -0.25) is 24.0 Å². The topological polar surface area (TPSA) is 235 Å². The molecule has 48 heavy (non-hydrogen) atoms. The lowest BCUT2D eigenvalue weighted by molar-refractivity contribution is -0.142. The number of alkyl carbamates (subject to hydrolysis) is 1. The molecule has 0 bridgehead atoms. The summed E-state index contributed by atoms with van der Waals surface area (Å²) in [6.45, 7) is 10.8. The lowest BCUT2D eigenvalue weighted by atomic mass is 9.93. The van der Waals surface area contributed by atoms with Crippen molar-refractivity contribution in [3.05, 3.63) is 48.6 Å². The molecular formula is C33H50N6O9. The largest absolute Gasteiger partial charge is 0.465 e. The predicted molar refractivity (Wildman–Crippen MR) is 177 cm³/mol. The van der Waals surface area contributed by atoms with Crippen molar-refractivity contribution < 1.29 is 43.4 Å². The molecule has 15 nitrogen and oxygen atoms in total. The maximum atomic E-state index is 13.6. The molecule has 0 radical (unpaired) electrons. The van der Waals surface area contributed by atoms with Gasteiger partial charge in [-0.15, -0.1) is 0 Å². The first-order valence-electron chi connectivity index (χ1n) is 16.0. The Morgan fingerprint density at radius 1 is 0.896 bits per heavy atom. The van der Waals surface area contributed by atoms with Crippen LogP contribution in [0.2, 0.25) is 0 Å². The van der Waals surface area contributed by atoms with E-state index in [0.29, 0.717) is 24.8 Å². The van der Waals surface area contributed by atoms with Crippen molar-refractivity contribution in [2.45, 2.75) is 90.4 Å². The summed E-state index contributed by atoms with van der Waals surface area (Å²) in [6, 6.07) is 3.90. The molecule has 0 saturated carbocycles. The number of carbonyl (C=O) groups excluding carboxylic acids is 6. The van der Waals surface area contributed by atoms with Crippen LogP contribution in [0.3, 0.4) is 0 Å². The number of Topliss-reactive ketones (excluding diaryl/α,β-unsaturated/α-hetero) is 1. The SMILES string of the molecule is C=CCOC(=O)NCCCC[C@H](NC(=O)C(=O)C(NC(=O)[C@H](CC(C)C)NC(=O)[C@H](Cc1ccccc1)NC(=O)O)[C@@H](C)CC)C(N)=O. The zero-order chi connectivity index (χ0) is 36.2. The summed E-state index contributed by atoms with van der Waals surface area (Å²) in [7, 11) is 0. The van der Waals surface area contributed by atoms with Crippen LogP contribution >= 0.6 is 0 Å². The van der Waals surface area contributed by atoms with Gasteiger partial charge >= 0.3 is 12.2 Å². The van der Waals surface area contributed by atoms with Crippen molar-refractivity contribution in [1.29, 1.82) is 0 Å². The van der Waals surface area contributed by atoms with Crippen molar-refractivity contribution in [3.8, 4) is 0 Å². The Kier molecular flexibility index (Phi) is 18.6. The third-order valence-electron chi connectivity index (χ3n) is 7.42. The van der Waals surface area contributed by atoms with Gasteiger partial charge in [-0.2, -0.15) is 0 Å². The minimum Gasteiger partial charge on any atom is -0.465 e. The van der Waals surface area contributed by atoms with Crippen molar-refractivity contribution in [2.24, 2.45) is 17.6 Å². The number of rotatable bonds is 22. The quantitative estimate of drug-likeness (QED) is 0.0536. The molecular weight excluding hydrogens is 624 g/mol. The van der Waals surface area contributed by atoms with E-state index in [1.54, 1.807) is 44.2 Å². The average molecular weight is 675 g/mol. The van der Waals surface area contributed by atoms with Crippen LogP contribution in [0.1, 0.15) is 65.4 Å². The van der Waals surface area contributed by atoms with Crippen LogP contribution < -0.4 is 32.3 Å². The van der Waals surface area contributed by atoms with Gasteiger partial charge < -0.3 is 42.2 Å². The molecule has 266 valence electrons. The summed E-state index contributed by atoms with van der Waals surface area (Å²) < 4.78 is 4.80. The molecule has 5 atom stereocenters. The predicted octanol–water partition coefficient (Wildman–Crippen LogP) is 1.55. The molecule has 1 aromatic rings. The summed E-state index contributed by atoms with van der Waals surface area (Å²) in [5.41, 5.74) is 6.16. The fourth-order valence-corrected chi connectivity index (χ4v) is 4.64. The standard InChI is InChI=1S/C33H50N6O9/c1-6-17-48-33(47)35-16-12-11-15-23(28(34)41)36-31(44)27(40)26(21(5)7-2)39-30(43)24(18-20(3)4)37-29(42)25(38-32(45)46)19-22-13-9-8-10-14-22/h6,8-10,13-14,20-21,23-26,38H,1,7,11-12,15-19H2,2-5H3,(H2,34,41)(H,35,47)(H,36,44)(H,37,42)(H,39,43)(H,45,46)/t21-,23-,24-,25-,26?/m0/s1. The Hall–Kier alpha value is -4.95. The van der Waals surface area contributed by atoms with E-state index in [-0.39, 0.29) is 38.3 Å². The number of ether oxygens (including phenoxy) is 1. The van der Waals surface area contributed by atoms with Crippen LogP contribution in [0.25, 0.3) is 0 Å². The number of nitrogens with two attached hydrogens (primary N) is 1. The fourth-order valence-electron chi connectivity index (χ4n) is 4.64. The van der Waals surface area contributed by atoms with E-state index in [0.717, 1.165) is 0 Å². The van der Waals surface area contributed by atoms with Gasteiger partial charge in [-0.1, -0.05) is 77.1 Å². The van der Waals surface area contributed by atoms with Crippen molar-refractivity contribution in [1.82, 2.24) is 26.6 Å². The van der Waals surface area contributed by atoms with E-state index >= 15 is 0 Å². The van der Waals surface area contributed by atoms with Crippen molar-refractivity contribution >= 4 is 41.6 Å². The highest BCUT2D eigenvalue weighted by Crippen LogP contribution is 2.13. The molecule has 6 amide bonds. The Labute approximate surface area is 281 Å². The first kappa shape index (κ1) is 41.1. The molecule has 0 aliphatic carbocycles. The van der Waals surface area contributed by atoms with Crippen LogP contribution in [0.15, 0.2) is 43.0 Å². The third-order valence-corrected chi connectivity index (χ3v) is 7.42. The van der Waals surface area contributed by atoms with Crippen LogP contribution in [0, 0.1) is 11.8 Å². The van der Waals surface area contributed by atoms with Crippen molar-refractivity contribution in [2.75, 3.05) is 13.2 Å². The summed E-state index contributed by atoms with van der Waals surface area (Å²) in [6.07, 6.45) is 0.850. The molecule has 0 heterocycles. The molecule has 0 saturated heterocycles. The number of benzene rings is 1. The number of nitrogens with one attached hydrogen (secondary N) is 5.